The molecule has 7 heteroatoms. The van der Waals surface area contributed by atoms with Crippen molar-refractivity contribution in [2.45, 2.75) is 39.3 Å². The van der Waals surface area contributed by atoms with Gasteiger partial charge in [0.15, 0.2) is 6.10 Å². The van der Waals surface area contributed by atoms with Gasteiger partial charge in [-0.05, 0) is 31.4 Å². The largest absolute Gasteiger partial charge is 0.497 e. The van der Waals surface area contributed by atoms with Gasteiger partial charge in [0.1, 0.15) is 5.75 Å². The number of aliphatic carboxylic acids is 1. The molecular formula is C20H30N2O5. The molecule has 3 atom stereocenters. The fourth-order valence-electron chi connectivity index (χ4n) is 3.58. The summed E-state index contributed by atoms with van der Waals surface area (Å²) in [6, 6.07) is 7.69. The van der Waals surface area contributed by atoms with Crippen molar-refractivity contribution >= 4 is 17.6 Å². The summed E-state index contributed by atoms with van der Waals surface area (Å²) in [4.78, 5) is 28.1. The molecule has 0 aromatic heterocycles. The number of aliphatic hydroxyl groups is 1. The molecule has 1 aliphatic heterocycles. The van der Waals surface area contributed by atoms with Crippen LogP contribution in [-0.4, -0.2) is 65.9 Å². The lowest BCUT2D eigenvalue weighted by atomic mass is 9.90. The number of carboxylic acid groups (broad SMARTS) is 1. The van der Waals surface area contributed by atoms with Gasteiger partial charge >= 0.3 is 5.97 Å². The number of ether oxygens (including phenoxy) is 1. The number of carboxylic acids is 1. The maximum Gasteiger partial charge on any atom is 0.333 e. The maximum atomic E-state index is 13.0. The van der Waals surface area contributed by atoms with E-state index in [1.54, 1.807) is 12.0 Å². The lowest BCUT2D eigenvalue weighted by molar-refractivity contribution is -0.158. The molecule has 1 aliphatic rings. The number of amides is 1. The van der Waals surface area contributed by atoms with Gasteiger partial charge in [-0.15, -0.1) is 0 Å². The molecule has 0 saturated carbocycles. The monoisotopic (exact) mass is 378 g/mol. The van der Waals surface area contributed by atoms with Gasteiger partial charge in [0, 0.05) is 37.4 Å². The highest BCUT2D eigenvalue weighted by Gasteiger charge is 2.38. The Bertz CT molecular complexity index is 664. The summed E-state index contributed by atoms with van der Waals surface area (Å²) >= 11 is 0. The summed E-state index contributed by atoms with van der Waals surface area (Å²) in [6.45, 7) is 7.54. The third-order valence-corrected chi connectivity index (χ3v) is 5.01. The molecule has 150 valence electrons. The third-order valence-electron chi connectivity index (χ3n) is 5.01. The highest BCUT2D eigenvalue weighted by molar-refractivity contribution is 5.86. The van der Waals surface area contributed by atoms with E-state index in [2.05, 4.69) is 4.90 Å². The first kappa shape index (κ1) is 21.0. The van der Waals surface area contributed by atoms with E-state index in [4.69, 9.17) is 4.74 Å². The van der Waals surface area contributed by atoms with Gasteiger partial charge in [0.25, 0.3) is 0 Å². The van der Waals surface area contributed by atoms with E-state index < -0.39 is 18.0 Å². The second kappa shape index (κ2) is 9.08. The van der Waals surface area contributed by atoms with Gasteiger partial charge in [0.2, 0.25) is 5.91 Å². The van der Waals surface area contributed by atoms with Crippen LogP contribution in [0.15, 0.2) is 24.3 Å². The summed E-state index contributed by atoms with van der Waals surface area (Å²) in [6.07, 6.45) is -1.33. The molecule has 1 amide bonds. The van der Waals surface area contributed by atoms with Crippen LogP contribution in [0, 0.1) is 11.8 Å². The summed E-state index contributed by atoms with van der Waals surface area (Å²) in [7, 11) is 1.63. The molecule has 2 N–H and O–H groups in total. The summed E-state index contributed by atoms with van der Waals surface area (Å²) in [5.41, 5.74) is 1.03. The molecule has 7 nitrogen and oxygen atoms in total. The van der Waals surface area contributed by atoms with Crippen molar-refractivity contribution < 1.29 is 24.5 Å². The maximum absolute atomic E-state index is 13.0. The van der Waals surface area contributed by atoms with E-state index >= 15 is 0 Å². The van der Waals surface area contributed by atoms with Gasteiger partial charge < -0.3 is 24.7 Å². The average Bonchev–Trinajstić information content (AvgIpc) is 2.64. The topological polar surface area (TPSA) is 90.3 Å². The smallest absolute Gasteiger partial charge is 0.333 e. The van der Waals surface area contributed by atoms with Crippen LogP contribution in [0.4, 0.5) is 5.69 Å². The van der Waals surface area contributed by atoms with E-state index in [-0.39, 0.29) is 17.9 Å². The van der Waals surface area contributed by atoms with Crippen LogP contribution in [-0.2, 0) is 9.59 Å². The van der Waals surface area contributed by atoms with E-state index in [0.29, 0.717) is 26.1 Å². The summed E-state index contributed by atoms with van der Waals surface area (Å²) < 4.78 is 5.27. The fraction of sp³-hybridized carbons (Fsp3) is 0.600. The SMILES string of the molecule is COc1cccc(N2CCN(C(=O)[C@@H](CC(C)C)[C@H](O)C(=O)O)[C@H](C)C2)c1. The Morgan fingerprint density at radius 3 is 2.56 bits per heavy atom. The molecule has 1 aromatic rings. The molecule has 1 heterocycles. The average molecular weight is 378 g/mol. The fourth-order valence-corrected chi connectivity index (χ4v) is 3.58. The Kier molecular flexibility index (Phi) is 7.07. The van der Waals surface area contributed by atoms with E-state index in [1.807, 2.05) is 45.0 Å². The van der Waals surface area contributed by atoms with Crippen molar-refractivity contribution in [3.8, 4) is 5.75 Å². The van der Waals surface area contributed by atoms with Crippen molar-refractivity contribution in [1.82, 2.24) is 4.90 Å². The number of hydrogen-bond donors (Lipinski definition) is 2. The van der Waals surface area contributed by atoms with Crippen LogP contribution in [0.1, 0.15) is 27.2 Å². The van der Waals surface area contributed by atoms with Crippen LogP contribution in [0.5, 0.6) is 5.75 Å². The molecule has 0 unspecified atom stereocenters. The second-order valence-electron chi connectivity index (χ2n) is 7.55. The number of piperazine rings is 1. The van der Waals surface area contributed by atoms with Crippen molar-refractivity contribution in [2.75, 3.05) is 31.6 Å². The minimum atomic E-state index is -1.68. The highest BCUT2D eigenvalue weighted by atomic mass is 16.5. The summed E-state index contributed by atoms with van der Waals surface area (Å²) in [5, 5.41) is 19.2. The summed E-state index contributed by atoms with van der Waals surface area (Å²) in [5.74, 6) is -1.66. The Morgan fingerprint density at radius 1 is 1.30 bits per heavy atom. The normalized spacial score (nSPS) is 19.7. The molecule has 0 spiro atoms. The highest BCUT2D eigenvalue weighted by Crippen LogP contribution is 2.26. The predicted octanol–water partition coefficient (Wildman–Crippen LogP) is 1.84. The lowest BCUT2D eigenvalue weighted by Gasteiger charge is -2.42. The molecule has 1 saturated heterocycles. The molecule has 1 aromatic carbocycles. The molecule has 27 heavy (non-hydrogen) atoms. The van der Waals surface area contributed by atoms with Crippen LogP contribution in [0.2, 0.25) is 0 Å². The van der Waals surface area contributed by atoms with Crippen LogP contribution < -0.4 is 9.64 Å². The number of aliphatic hydroxyl groups excluding tert-OH is 1. The zero-order valence-corrected chi connectivity index (χ0v) is 16.5. The first-order valence-electron chi connectivity index (χ1n) is 9.35. The molecule has 0 aliphatic carbocycles. The standard InChI is InChI=1S/C20H30N2O5/c1-13(2)10-17(18(23)20(25)26)19(24)22-9-8-21(12-14(22)3)15-6-5-7-16(11-15)27-4/h5-7,11,13-14,17-18,23H,8-10,12H2,1-4H3,(H,25,26)/t14-,17+,18+/m1/s1. The first-order valence-corrected chi connectivity index (χ1v) is 9.35. The number of nitrogens with zero attached hydrogens (tertiary/aromatic N) is 2. The van der Waals surface area contributed by atoms with Gasteiger partial charge in [0.05, 0.1) is 13.0 Å². The first-order chi connectivity index (χ1) is 12.7. The van der Waals surface area contributed by atoms with Crippen molar-refractivity contribution in [2.24, 2.45) is 11.8 Å². The molecule has 2 rings (SSSR count). The van der Waals surface area contributed by atoms with Gasteiger partial charge in [-0.1, -0.05) is 19.9 Å². The van der Waals surface area contributed by atoms with Crippen LogP contribution >= 0.6 is 0 Å². The van der Waals surface area contributed by atoms with Crippen molar-refractivity contribution in [3.05, 3.63) is 24.3 Å². The predicted molar refractivity (Wildman–Crippen MR) is 103 cm³/mol. The third kappa shape index (κ3) is 5.13. The minimum Gasteiger partial charge on any atom is -0.497 e. The quantitative estimate of drug-likeness (QED) is 0.752. The second-order valence-corrected chi connectivity index (χ2v) is 7.55. The van der Waals surface area contributed by atoms with E-state index in [0.717, 1.165) is 11.4 Å². The number of benzene rings is 1. The number of hydrogen-bond acceptors (Lipinski definition) is 5. The van der Waals surface area contributed by atoms with Gasteiger partial charge in [-0.2, -0.15) is 0 Å². The Labute approximate surface area is 160 Å². The number of carbonyl (C=O) groups is 2. The van der Waals surface area contributed by atoms with Gasteiger partial charge in [-0.25, -0.2) is 4.79 Å². The van der Waals surface area contributed by atoms with Gasteiger partial charge in [-0.3, -0.25) is 4.79 Å². The lowest BCUT2D eigenvalue weighted by Crippen LogP contribution is -2.57. The number of anilines is 1. The Balaban J connectivity index is 2.11. The zero-order chi connectivity index (χ0) is 20.1. The zero-order valence-electron chi connectivity index (χ0n) is 16.5. The molecular weight excluding hydrogens is 348 g/mol. The Morgan fingerprint density at radius 2 is 2.00 bits per heavy atom. The molecule has 1 fully saturated rings. The minimum absolute atomic E-state index is 0.0897. The number of rotatable bonds is 7. The van der Waals surface area contributed by atoms with E-state index in [1.165, 1.54) is 0 Å². The number of carbonyl (C=O) groups excluding carboxylic acids is 1. The molecule has 0 radical (unpaired) electrons. The number of methoxy groups -OCH3 is 1. The van der Waals surface area contributed by atoms with Crippen molar-refractivity contribution in [3.63, 3.8) is 0 Å². The van der Waals surface area contributed by atoms with Crippen LogP contribution in [0.3, 0.4) is 0 Å². The molecule has 0 bridgehead atoms. The van der Waals surface area contributed by atoms with Crippen LogP contribution in [0.25, 0.3) is 0 Å². The Hall–Kier alpha value is -2.28. The van der Waals surface area contributed by atoms with Crippen molar-refractivity contribution in [1.29, 1.82) is 0 Å². The van der Waals surface area contributed by atoms with E-state index in [9.17, 15) is 19.8 Å².